The standard InChI is InChI=1S/C19H19F3N2O2/c1-12-3-6-16(26-2)15(11-12)23-7-9-24(10-8-23)19(25)13-4-5-14(20)18(22)17(13)21/h3-6,11H,7-10H2,1-2H3. The third-order valence-corrected chi connectivity index (χ3v) is 4.51. The highest BCUT2D eigenvalue weighted by Gasteiger charge is 2.27. The molecule has 0 atom stereocenters. The van der Waals surface area contributed by atoms with Crippen molar-refractivity contribution in [3.63, 3.8) is 0 Å². The van der Waals surface area contributed by atoms with Gasteiger partial charge in [-0.3, -0.25) is 4.79 Å². The number of anilines is 1. The van der Waals surface area contributed by atoms with Crippen molar-refractivity contribution in [3.05, 3.63) is 58.9 Å². The van der Waals surface area contributed by atoms with Gasteiger partial charge >= 0.3 is 0 Å². The highest BCUT2D eigenvalue weighted by molar-refractivity contribution is 5.94. The molecule has 0 spiro atoms. The molecule has 0 bridgehead atoms. The Morgan fingerprint density at radius 1 is 1.00 bits per heavy atom. The first-order valence-corrected chi connectivity index (χ1v) is 8.24. The molecule has 1 heterocycles. The Hall–Kier alpha value is -2.70. The number of rotatable bonds is 3. The van der Waals surface area contributed by atoms with Gasteiger partial charge in [-0.25, -0.2) is 13.2 Å². The fourth-order valence-electron chi connectivity index (χ4n) is 3.06. The van der Waals surface area contributed by atoms with Crippen LogP contribution in [0.4, 0.5) is 18.9 Å². The Morgan fingerprint density at radius 2 is 1.69 bits per heavy atom. The van der Waals surface area contributed by atoms with Crippen LogP contribution >= 0.6 is 0 Å². The lowest BCUT2D eigenvalue weighted by atomic mass is 10.1. The summed E-state index contributed by atoms with van der Waals surface area (Å²) in [6, 6.07) is 7.59. The minimum Gasteiger partial charge on any atom is -0.495 e. The average Bonchev–Trinajstić information content (AvgIpc) is 2.66. The smallest absolute Gasteiger partial charge is 0.257 e. The van der Waals surface area contributed by atoms with Gasteiger partial charge in [-0.05, 0) is 36.8 Å². The summed E-state index contributed by atoms with van der Waals surface area (Å²) in [6.45, 7) is 3.71. The number of ether oxygens (including phenoxy) is 1. The van der Waals surface area contributed by atoms with Crippen LogP contribution in [0.25, 0.3) is 0 Å². The summed E-state index contributed by atoms with van der Waals surface area (Å²) in [7, 11) is 1.60. The van der Waals surface area contributed by atoms with E-state index in [0.29, 0.717) is 26.2 Å². The lowest BCUT2D eigenvalue weighted by molar-refractivity contribution is 0.0740. The molecule has 26 heavy (non-hydrogen) atoms. The van der Waals surface area contributed by atoms with Crippen molar-refractivity contribution >= 4 is 11.6 Å². The normalized spacial score (nSPS) is 14.5. The van der Waals surface area contributed by atoms with Gasteiger partial charge in [0.05, 0.1) is 18.4 Å². The van der Waals surface area contributed by atoms with Crippen LogP contribution in [0.1, 0.15) is 15.9 Å². The summed E-state index contributed by atoms with van der Waals surface area (Å²) in [5.41, 5.74) is 1.56. The molecule has 1 aliphatic heterocycles. The summed E-state index contributed by atoms with van der Waals surface area (Å²) >= 11 is 0. The summed E-state index contributed by atoms with van der Waals surface area (Å²) in [5.74, 6) is -4.29. The Balaban J connectivity index is 1.74. The molecule has 2 aromatic carbocycles. The predicted molar refractivity (Wildman–Crippen MR) is 92.2 cm³/mol. The number of carbonyl (C=O) groups is 1. The third-order valence-electron chi connectivity index (χ3n) is 4.51. The van der Waals surface area contributed by atoms with Gasteiger partial charge in [-0.2, -0.15) is 0 Å². The molecule has 1 amide bonds. The second-order valence-electron chi connectivity index (χ2n) is 6.18. The number of halogens is 3. The average molecular weight is 364 g/mol. The van der Waals surface area contributed by atoms with Crippen LogP contribution in [-0.4, -0.2) is 44.1 Å². The van der Waals surface area contributed by atoms with Gasteiger partial charge in [0, 0.05) is 26.2 Å². The van der Waals surface area contributed by atoms with Crippen molar-refractivity contribution in [2.75, 3.05) is 38.2 Å². The number of nitrogens with zero attached hydrogens (tertiary/aromatic N) is 2. The van der Waals surface area contributed by atoms with Gasteiger partial charge in [0.25, 0.3) is 5.91 Å². The minimum atomic E-state index is -1.63. The van der Waals surface area contributed by atoms with Gasteiger partial charge in [-0.1, -0.05) is 6.07 Å². The SMILES string of the molecule is COc1ccc(C)cc1N1CCN(C(=O)c2ccc(F)c(F)c2F)CC1. The van der Waals surface area contributed by atoms with Crippen LogP contribution < -0.4 is 9.64 Å². The van der Waals surface area contributed by atoms with Crippen molar-refractivity contribution in [2.45, 2.75) is 6.92 Å². The second-order valence-corrected chi connectivity index (χ2v) is 6.18. The number of hydrogen-bond acceptors (Lipinski definition) is 3. The lowest BCUT2D eigenvalue weighted by Gasteiger charge is -2.36. The first-order chi connectivity index (χ1) is 12.4. The molecule has 0 unspecified atom stereocenters. The Morgan fingerprint density at radius 3 is 2.35 bits per heavy atom. The molecule has 138 valence electrons. The molecule has 7 heteroatoms. The van der Waals surface area contributed by atoms with Gasteiger partial charge in [-0.15, -0.1) is 0 Å². The van der Waals surface area contributed by atoms with Crippen LogP contribution in [0.15, 0.2) is 30.3 Å². The molecular formula is C19H19F3N2O2. The molecule has 1 aliphatic rings. The van der Waals surface area contributed by atoms with Gasteiger partial charge < -0.3 is 14.5 Å². The highest BCUT2D eigenvalue weighted by Crippen LogP contribution is 2.30. The monoisotopic (exact) mass is 364 g/mol. The van der Waals surface area contributed by atoms with Gasteiger partial charge in [0.15, 0.2) is 17.5 Å². The maximum atomic E-state index is 13.9. The number of amides is 1. The molecule has 0 N–H and O–H groups in total. The van der Waals surface area contributed by atoms with E-state index in [9.17, 15) is 18.0 Å². The predicted octanol–water partition coefficient (Wildman–Crippen LogP) is 3.38. The summed E-state index contributed by atoms with van der Waals surface area (Å²) in [6.07, 6.45) is 0. The third kappa shape index (κ3) is 3.34. The molecule has 4 nitrogen and oxygen atoms in total. The Kier molecular flexibility index (Phi) is 5.06. The van der Waals surface area contributed by atoms with Crippen LogP contribution in [0.5, 0.6) is 5.75 Å². The first-order valence-electron chi connectivity index (χ1n) is 8.24. The summed E-state index contributed by atoms with van der Waals surface area (Å²) in [5, 5.41) is 0. The number of hydrogen-bond donors (Lipinski definition) is 0. The van der Waals surface area contributed by atoms with Crippen molar-refractivity contribution in [3.8, 4) is 5.75 Å². The molecule has 3 rings (SSSR count). The number of benzene rings is 2. The van der Waals surface area contributed by atoms with E-state index in [2.05, 4.69) is 4.90 Å². The van der Waals surface area contributed by atoms with Gasteiger partial charge in [0.1, 0.15) is 5.75 Å². The second kappa shape index (κ2) is 7.27. The number of piperazine rings is 1. The van der Waals surface area contributed by atoms with Crippen molar-refractivity contribution in [1.82, 2.24) is 4.90 Å². The van der Waals surface area contributed by atoms with Crippen LogP contribution in [0, 0.1) is 24.4 Å². The minimum absolute atomic E-state index is 0.342. The molecule has 1 fully saturated rings. The molecule has 0 aliphatic carbocycles. The zero-order valence-corrected chi connectivity index (χ0v) is 14.6. The molecule has 0 saturated carbocycles. The lowest BCUT2D eigenvalue weighted by Crippen LogP contribution is -2.49. The molecule has 2 aromatic rings. The summed E-state index contributed by atoms with van der Waals surface area (Å²) < 4.78 is 45.7. The van der Waals surface area contributed by atoms with E-state index in [-0.39, 0.29) is 0 Å². The zero-order valence-electron chi connectivity index (χ0n) is 14.6. The molecular weight excluding hydrogens is 345 g/mol. The van der Waals surface area contributed by atoms with E-state index in [0.717, 1.165) is 29.1 Å². The largest absolute Gasteiger partial charge is 0.495 e. The van der Waals surface area contributed by atoms with Crippen molar-refractivity contribution in [2.24, 2.45) is 0 Å². The topological polar surface area (TPSA) is 32.8 Å². The number of carbonyl (C=O) groups excluding carboxylic acids is 1. The van der Waals surface area contributed by atoms with Crippen LogP contribution in [0.3, 0.4) is 0 Å². The quantitative estimate of drug-likeness (QED) is 0.783. The van der Waals surface area contributed by atoms with E-state index >= 15 is 0 Å². The van der Waals surface area contributed by atoms with E-state index in [4.69, 9.17) is 4.74 Å². The highest BCUT2D eigenvalue weighted by atomic mass is 19.2. The van der Waals surface area contributed by atoms with E-state index in [1.165, 1.54) is 4.90 Å². The van der Waals surface area contributed by atoms with E-state index < -0.39 is 28.9 Å². The zero-order chi connectivity index (χ0) is 18.8. The summed E-state index contributed by atoms with van der Waals surface area (Å²) in [4.78, 5) is 16.0. The Bertz CT molecular complexity index is 834. The fraction of sp³-hybridized carbons (Fsp3) is 0.316. The Labute approximate surface area is 149 Å². The van der Waals surface area contributed by atoms with Crippen molar-refractivity contribution in [1.29, 1.82) is 0 Å². The number of methoxy groups -OCH3 is 1. The maximum Gasteiger partial charge on any atom is 0.257 e. The molecule has 0 radical (unpaired) electrons. The molecule has 1 saturated heterocycles. The maximum absolute atomic E-state index is 13.9. The fourth-order valence-corrected chi connectivity index (χ4v) is 3.06. The molecule has 0 aromatic heterocycles. The number of aryl methyl sites for hydroxylation is 1. The van der Waals surface area contributed by atoms with E-state index in [1.807, 2.05) is 25.1 Å². The first kappa shape index (κ1) is 18.1. The van der Waals surface area contributed by atoms with Crippen LogP contribution in [0.2, 0.25) is 0 Å². The van der Waals surface area contributed by atoms with Crippen molar-refractivity contribution < 1.29 is 22.7 Å². The van der Waals surface area contributed by atoms with Crippen LogP contribution in [-0.2, 0) is 0 Å². The van der Waals surface area contributed by atoms with Gasteiger partial charge in [0.2, 0.25) is 0 Å². The van der Waals surface area contributed by atoms with E-state index in [1.54, 1.807) is 7.11 Å².